The Morgan fingerprint density at radius 3 is 2.63 bits per heavy atom. The molecule has 1 saturated heterocycles. The minimum atomic E-state index is -3.49. The van der Waals surface area contributed by atoms with Crippen molar-refractivity contribution in [2.45, 2.75) is 64.3 Å². The summed E-state index contributed by atoms with van der Waals surface area (Å²) in [4.78, 5) is 32.9. The zero-order chi connectivity index (χ0) is 29.8. The number of carbonyl (C=O) groups excluding carboxylic acids is 2. The number of halogens is 1. The number of unbranched alkanes of at least 4 members (excludes halogenated alkanes) is 4. The van der Waals surface area contributed by atoms with Gasteiger partial charge in [-0.15, -0.1) is 12.3 Å². The van der Waals surface area contributed by atoms with E-state index in [0.717, 1.165) is 37.7 Å². The minimum absolute atomic E-state index is 0.0176. The van der Waals surface area contributed by atoms with Gasteiger partial charge in [0.2, 0.25) is 21.9 Å². The van der Waals surface area contributed by atoms with Crippen LogP contribution in [0.15, 0.2) is 28.9 Å². The van der Waals surface area contributed by atoms with Crippen LogP contribution in [0.25, 0.3) is 0 Å². The van der Waals surface area contributed by atoms with Crippen LogP contribution in [0.1, 0.15) is 67.3 Å². The van der Waals surface area contributed by atoms with E-state index in [1.54, 1.807) is 12.3 Å². The number of anilines is 3. The third-order valence-electron chi connectivity index (χ3n) is 6.85. The molecule has 2 heterocycles. The molecule has 0 atom stereocenters. The molecule has 1 aromatic carbocycles. The van der Waals surface area contributed by atoms with E-state index in [0.29, 0.717) is 59.8 Å². The lowest BCUT2D eigenvalue weighted by molar-refractivity contribution is -0.121. The number of hydrogen-bond acceptors (Lipinski definition) is 8. The number of aromatic nitrogens is 2. The largest absolute Gasteiger partial charge is 0.366 e. The number of sulfonamides is 1. The maximum Gasteiger partial charge on any atom is 0.251 e. The molecule has 13 heteroatoms. The average Bonchev–Trinajstić information content (AvgIpc) is 2.92. The average molecular weight is 649 g/mol. The fraction of sp³-hybridized carbons (Fsp3) is 0.500. The molecule has 0 radical (unpaired) electrons. The van der Waals surface area contributed by atoms with E-state index in [4.69, 9.17) is 12.2 Å². The molecule has 0 bridgehead atoms. The monoisotopic (exact) mass is 647 g/mol. The number of hydrogen-bond donors (Lipinski definition) is 4. The van der Waals surface area contributed by atoms with Crippen molar-refractivity contribution in [3.8, 4) is 12.3 Å². The molecule has 1 fully saturated rings. The standard InChI is InChI=1S/C28H38BrN7O4S/c1-3-4-5-6-7-8-12-24(37)31-15-18-41(39,40)36-16-13-21(14-17-36)33-28-32-19-22(29)27(35-28)34-23-11-9-10-20(2)25(23)26(30)38/h1,9-11,19,21H,4-8,12-18H2,2H3,(H2,30,38)(H,31,37)(H2,32,33,34,35). The summed E-state index contributed by atoms with van der Waals surface area (Å²) in [6.07, 6.45) is 12.8. The topological polar surface area (TPSA) is 159 Å². The smallest absolute Gasteiger partial charge is 0.251 e. The number of piperidine rings is 1. The van der Waals surface area contributed by atoms with Gasteiger partial charge in [0, 0.05) is 44.7 Å². The highest BCUT2D eigenvalue weighted by Gasteiger charge is 2.28. The summed E-state index contributed by atoms with van der Waals surface area (Å²) in [6, 6.07) is 5.36. The number of primary amides is 1. The number of nitrogens with zero attached hydrogens (tertiary/aromatic N) is 3. The summed E-state index contributed by atoms with van der Waals surface area (Å²) in [5.41, 5.74) is 7.24. The van der Waals surface area contributed by atoms with Gasteiger partial charge in [-0.3, -0.25) is 9.59 Å². The summed E-state index contributed by atoms with van der Waals surface area (Å²) in [6.45, 7) is 2.62. The Balaban J connectivity index is 1.46. The molecule has 0 unspecified atom stereocenters. The van der Waals surface area contributed by atoms with Crippen molar-refractivity contribution in [3.05, 3.63) is 40.0 Å². The van der Waals surface area contributed by atoms with E-state index in [2.05, 4.69) is 47.8 Å². The highest BCUT2D eigenvalue weighted by atomic mass is 79.9. The first-order chi connectivity index (χ1) is 19.6. The van der Waals surface area contributed by atoms with Gasteiger partial charge in [0.25, 0.3) is 5.91 Å². The predicted molar refractivity (Wildman–Crippen MR) is 164 cm³/mol. The molecule has 5 N–H and O–H groups in total. The number of nitrogens with one attached hydrogen (secondary N) is 3. The van der Waals surface area contributed by atoms with Crippen molar-refractivity contribution < 1.29 is 18.0 Å². The quantitative estimate of drug-likeness (QED) is 0.168. The van der Waals surface area contributed by atoms with Gasteiger partial charge in [-0.25, -0.2) is 17.7 Å². The highest BCUT2D eigenvalue weighted by Crippen LogP contribution is 2.28. The Hall–Kier alpha value is -3.21. The zero-order valence-corrected chi connectivity index (χ0v) is 25.7. The summed E-state index contributed by atoms with van der Waals surface area (Å²) >= 11 is 3.44. The second-order valence-corrected chi connectivity index (χ2v) is 12.9. The Morgan fingerprint density at radius 1 is 1.20 bits per heavy atom. The fourth-order valence-electron chi connectivity index (χ4n) is 4.61. The molecular weight excluding hydrogens is 610 g/mol. The van der Waals surface area contributed by atoms with Crippen molar-refractivity contribution >= 4 is 55.2 Å². The van der Waals surface area contributed by atoms with Crippen LogP contribution in [-0.2, 0) is 14.8 Å². The molecule has 1 aliphatic heterocycles. The van der Waals surface area contributed by atoms with E-state index < -0.39 is 15.9 Å². The third kappa shape index (κ3) is 9.98. The van der Waals surface area contributed by atoms with Gasteiger partial charge in [-0.05, 0) is 60.2 Å². The Kier molecular flexibility index (Phi) is 12.4. The molecule has 1 aromatic heterocycles. The number of nitrogens with two attached hydrogens (primary N) is 1. The second kappa shape index (κ2) is 15.7. The van der Waals surface area contributed by atoms with Crippen molar-refractivity contribution in [3.63, 3.8) is 0 Å². The highest BCUT2D eigenvalue weighted by molar-refractivity contribution is 9.10. The van der Waals surface area contributed by atoms with Crippen molar-refractivity contribution in [2.75, 3.05) is 36.0 Å². The molecule has 0 aliphatic carbocycles. The maximum atomic E-state index is 12.8. The first-order valence-corrected chi connectivity index (χ1v) is 16.1. The Labute approximate surface area is 250 Å². The van der Waals surface area contributed by atoms with Crippen molar-refractivity contribution in [1.29, 1.82) is 0 Å². The molecule has 0 spiro atoms. The van der Waals surface area contributed by atoms with Crippen molar-refractivity contribution in [2.24, 2.45) is 5.73 Å². The van der Waals surface area contributed by atoms with Crippen LogP contribution < -0.4 is 21.7 Å². The Morgan fingerprint density at radius 2 is 1.93 bits per heavy atom. The van der Waals surface area contributed by atoms with Crippen LogP contribution in [0.5, 0.6) is 0 Å². The van der Waals surface area contributed by atoms with Crippen LogP contribution >= 0.6 is 15.9 Å². The molecule has 41 heavy (non-hydrogen) atoms. The van der Waals surface area contributed by atoms with Gasteiger partial charge in [-0.2, -0.15) is 4.98 Å². The zero-order valence-electron chi connectivity index (χ0n) is 23.3. The van der Waals surface area contributed by atoms with Gasteiger partial charge in [-0.1, -0.05) is 25.0 Å². The number of benzene rings is 1. The number of terminal acetylenes is 1. The summed E-state index contributed by atoms with van der Waals surface area (Å²) in [5.74, 6) is 2.64. The Bertz CT molecular complexity index is 1360. The lowest BCUT2D eigenvalue weighted by atomic mass is 10.1. The van der Waals surface area contributed by atoms with Gasteiger partial charge in [0.15, 0.2) is 0 Å². The molecular formula is C28H38BrN7O4S. The fourth-order valence-corrected chi connectivity index (χ4v) is 6.29. The van der Waals surface area contributed by atoms with Crippen molar-refractivity contribution in [1.82, 2.24) is 19.6 Å². The molecule has 2 amide bonds. The van der Waals surface area contributed by atoms with E-state index in [1.807, 2.05) is 19.1 Å². The van der Waals surface area contributed by atoms with Crippen LogP contribution in [0, 0.1) is 19.3 Å². The van der Waals surface area contributed by atoms with Gasteiger partial charge < -0.3 is 21.7 Å². The predicted octanol–water partition coefficient (Wildman–Crippen LogP) is 3.69. The number of aryl methyl sites for hydroxylation is 1. The minimum Gasteiger partial charge on any atom is -0.366 e. The summed E-state index contributed by atoms with van der Waals surface area (Å²) in [7, 11) is -3.49. The van der Waals surface area contributed by atoms with Gasteiger partial charge in [0.05, 0.1) is 21.5 Å². The second-order valence-electron chi connectivity index (χ2n) is 9.98. The molecule has 3 rings (SSSR count). The molecule has 222 valence electrons. The molecule has 1 aliphatic rings. The van der Waals surface area contributed by atoms with E-state index in [1.165, 1.54) is 4.31 Å². The third-order valence-corrected chi connectivity index (χ3v) is 9.31. The first kappa shape index (κ1) is 32.3. The van der Waals surface area contributed by atoms with E-state index in [-0.39, 0.29) is 24.2 Å². The first-order valence-electron chi connectivity index (χ1n) is 13.7. The van der Waals surface area contributed by atoms with Gasteiger partial charge >= 0.3 is 0 Å². The van der Waals surface area contributed by atoms with E-state index >= 15 is 0 Å². The summed E-state index contributed by atoms with van der Waals surface area (Å²) in [5, 5.41) is 9.16. The SMILES string of the molecule is C#CCCCCCCC(=O)NCCS(=O)(=O)N1CCC(Nc2ncc(Br)c(Nc3cccc(C)c3C(N)=O)n2)CC1. The van der Waals surface area contributed by atoms with Crippen LogP contribution in [-0.4, -0.2) is 65.9 Å². The molecule has 2 aromatic rings. The summed E-state index contributed by atoms with van der Waals surface area (Å²) < 4.78 is 27.7. The number of amides is 2. The lowest BCUT2D eigenvalue weighted by Gasteiger charge is -2.31. The maximum absolute atomic E-state index is 12.8. The van der Waals surface area contributed by atoms with Crippen LogP contribution in [0.3, 0.4) is 0 Å². The van der Waals surface area contributed by atoms with Crippen LogP contribution in [0.2, 0.25) is 0 Å². The normalized spacial score (nSPS) is 14.3. The number of carbonyl (C=O) groups is 2. The number of rotatable bonds is 15. The van der Waals surface area contributed by atoms with E-state index in [9.17, 15) is 18.0 Å². The molecule has 0 saturated carbocycles. The van der Waals surface area contributed by atoms with Crippen LogP contribution in [0.4, 0.5) is 17.5 Å². The lowest BCUT2D eigenvalue weighted by Crippen LogP contribution is -2.45. The van der Waals surface area contributed by atoms with Gasteiger partial charge in [0.1, 0.15) is 5.82 Å². The molecule has 11 nitrogen and oxygen atoms in total.